The van der Waals surface area contributed by atoms with Gasteiger partial charge >= 0.3 is 6.18 Å². The van der Waals surface area contributed by atoms with Crippen molar-refractivity contribution in [1.29, 1.82) is 0 Å². The van der Waals surface area contributed by atoms with E-state index in [-0.39, 0.29) is 22.7 Å². The predicted octanol–water partition coefficient (Wildman–Crippen LogP) is 5.40. The number of benzene rings is 1. The molecular weight excluding hydrogens is 437 g/mol. The maximum absolute atomic E-state index is 12.8. The van der Waals surface area contributed by atoms with Gasteiger partial charge in [0.15, 0.2) is 5.15 Å². The van der Waals surface area contributed by atoms with Crippen molar-refractivity contribution in [3.05, 3.63) is 71.3 Å². The van der Waals surface area contributed by atoms with Gasteiger partial charge in [0.25, 0.3) is 0 Å². The first-order valence-corrected chi connectivity index (χ1v) is 10.5. The van der Waals surface area contributed by atoms with Crippen molar-refractivity contribution in [1.82, 2.24) is 14.8 Å². The fraction of sp³-hybridized carbons (Fsp3) is 0.250. The number of anilines is 1. The van der Waals surface area contributed by atoms with Crippen LogP contribution in [-0.4, -0.2) is 34.0 Å². The van der Waals surface area contributed by atoms with E-state index in [0.29, 0.717) is 16.9 Å². The predicted molar refractivity (Wildman–Crippen MR) is 112 cm³/mol. The number of carbonyl (C=O) groups excluding carboxylic acids is 1. The molecule has 3 rings (SSSR count). The van der Waals surface area contributed by atoms with E-state index in [1.54, 1.807) is 37.8 Å². The largest absolute Gasteiger partial charge is 0.416 e. The zero-order chi connectivity index (χ0) is 21.9. The number of rotatable bonds is 6. The third-order valence-electron chi connectivity index (χ3n) is 4.55. The molecule has 2 heterocycles. The number of carbonyl (C=O) groups is 1. The Morgan fingerprint density at radius 1 is 1.27 bits per heavy atom. The van der Waals surface area contributed by atoms with Crippen molar-refractivity contribution in [2.75, 3.05) is 18.2 Å². The Kier molecular flexibility index (Phi) is 6.72. The number of hydrogen-bond donors (Lipinski definition) is 0. The molecule has 1 aromatic carbocycles. The summed E-state index contributed by atoms with van der Waals surface area (Å²) in [7, 11) is 1.59. The molecule has 1 unspecified atom stereocenters. The highest BCUT2D eigenvalue weighted by molar-refractivity contribution is 7.98. The highest BCUT2D eigenvalue weighted by Gasteiger charge is 2.30. The van der Waals surface area contributed by atoms with E-state index < -0.39 is 11.7 Å². The summed E-state index contributed by atoms with van der Waals surface area (Å²) in [6, 6.07) is 8.43. The van der Waals surface area contributed by atoms with Gasteiger partial charge in [-0.1, -0.05) is 23.7 Å². The van der Waals surface area contributed by atoms with Crippen molar-refractivity contribution in [2.24, 2.45) is 0 Å². The standard InChI is InChI=1S/C20H18ClF3N4OS/c1-27(16-12-28(26-19(16)21)15-4-3-9-25-11-15)18(29)10-17(30-2)13-5-7-14(8-6-13)20(22,23)24/h3-9,11-12,17H,10H2,1-2H3. The van der Waals surface area contributed by atoms with Gasteiger partial charge in [-0.25, -0.2) is 4.68 Å². The zero-order valence-corrected chi connectivity index (χ0v) is 17.7. The van der Waals surface area contributed by atoms with Crippen LogP contribution in [0.4, 0.5) is 18.9 Å². The molecular formula is C20H18ClF3N4OS. The fourth-order valence-electron chi connectivity index (χ4n) is 2.84. The van der Waals surface area contributed by atoms with Crippen LogP contribution in [0.5, 0.6) is 0 Å². The lowest BCUT2D eigenvalue weighted by Gasteiger charge is -2.20. The van der Waals surface area contributed by atoms with E-state index in [9.17, 15) is 18.0 Å². The number of thioether (sulfide) groups is 1. The lowest BCUT2D eigenvalue weighted by atomic mass is 10.1. The normalized spacial score (nSPS) is 12.6. The first kappa shape index (κ1) is 22.2. The molecule has 0 fully saturated rings. The molecule has 0 saturated heterocycles. The molecule has 10 heteroatoms. The van der Waals surface area contributed by atoms with E-state index in [4.69, 9.17) is 11.6 Å². The van der Waals surface area contributed by atoms with Crippen molar-refractivity contribution < 1.29 is 18.0 Å². The van der Waals surface area contributed by atoms with Crippen molar-refractivity contribution in [3.8, 4) is 5.69 Å². The second kappa shape index (κ2) is 9.09. The van der Waals surface area contributed by atoms with Gasteiger partial charge in [-0.2, -0.15) is 30.0 Å². The molecule has 0 spiro atoms. The summed E-state index contributed by atoms with van der Waals surface area (Å²) in [5.74, 6) is -0.234. The van der Waals surface area contributed by atoms with Crippen LogP contribution >= 0.6 is 23.4 Å². The van der Waals surface area contributed by atoms with Gasteiger partial charge in [0, 0.05) is 24.9 Å². The maximum Gasteiger partial charge on any atom is 0.416 e. The Hall–Kier alpha value is -2.52. The van der Waals surface area contributed by atoms with Gasteiger partial charge in [-0.15, -0.1) is 0 Å². The number of hydrogen-bond acceptors (Lipinski definition) is 4. The molecule has 0 saturated carbocycles. The van der Waals surface area contributed by atoms with E-state index in [1.807, 2.05) is 6.26 Å². The molecule has 1 atom stereocenters. The fourth-order valence-corrected chi connectivity index (χ4v) is 3.84. The molecule has 0 aliphatic heterocycles. The highest BCUT2D eigenvalue weighted by atomic mass is 35.5. The number of halogens is 4. The molecule has 0 bridgehead atoms. The number of amides is 1. The number of alkyl halides is 3. The van der Waals surface area contributed by atoms with Crippen LogP contribution in [0.25, 0.3) is 5.69 Å². The van der Waals surface area contributed by atoms with Gasteiger partial charge in [-0.3, -0.25) is 9.78 Å². The lowest BCUT2D eigenvalue weighted by Crippen LogP contribution is -2.27. The summed E-state index contributed by atoms with van der Waals surface area (Å²) in [5.41, 5.74) is 1.05. The summed E-state index contributed by atoms with van der Waals surface area (Å²) in [6.07, 6.45) is 2.39. The molecule has 2 aromatic heterocycles. The maximum atomic E-state index is 12.8. The molecule has 30 heavy (non-hydrogen) atoms. The average molecular weight is 455 g/mol. The quantitative estimate of drug-likeness (QED) is 0.500. The number of nitrogens with zero attached hydrogens (tertiary/aromatic N) is 4. The number of aromatic nitrogens is 3. The smallest absolute Gasteiger partial charge is 0.311 e. The first-order chi connectivity index (χ1) is 14.2. The second-order valence-electron chi connectivity index (χ2n) is 6.46. The van der Waals surface area contributed by atoms with Crippen molar-refractivity contribution in [2.45, 2.75) is 17.8 Å². The molecule has 1 amide bonds. The van der Waals surface area contributed by atoms with Gasteiger partial charge < -0.3 is 4.90 Å². The minimum Gasteiger partial charge on any atom is -0.311 e. The first-order valence-electron chi connectivity index (χ1n) is 8.82. The van der Waals surface area contributed by atoms with E-state index in [0.717, 1.165) is 12.1 Å². The third kappa shape index (κ3) is 4.96. The summed E-state index contributed by atoms with van der Waals surface area (Å²) >= 11 is 7.62. The Balaban J connectivity index is 1.75. The molecule has 0 radical (unpaired) electrons. The summed E-state index contributed by atoms with van der Waals surface area (Å²) in [6.45, 7) is 0. The Bertz CT molecular complexity index is 1010. The van der Waals surface area contributed by atoms with Crippen LogP contribution in [-0.2, 0) is 11.0 Å². The lowest BCUT2D eigenvalue weighted by molar-refractivity contribution is -0.137. The van der Waals surface area contributed by atoms with Crippen LogP contribution in [0.2, 0.25) is 5.15 Å². The molecule has 5 nitrogen and oxygen atoms in total. The third-order valence-corrected chi connectivity index (χ3v) is 5.83. The van der Waals surface area contributed by atoms with Gasteiger partial charge in [0.05, 0.1) is 23.6 Å². The average Bonchev–Trinajstić information content (AvgIpc) is 3.13. The van der Waals surface area contributed by atoms with Crippen LogP contribution in [0.1, 0.15) is 22.8 Å². The summed E-state index contributed by atoms with van der Waals surface area (Å²) in [5, 5.41) is 4.07. The molecule has 158 valence electrons. The molecule has 3 aromatic rings. The second-order valence-corrected chi connectivity index (χ2v) is 7.86. The molecule has 0 aliphatic rings. The van der Waals surface area contributed by atoms with E-state index in [2.05, 4.69) is 10.1 Å². The van der Waals surface area contributed by atoms with Crippen LogP contribution in [0.3, 0.4) is 0 Å². The Morgan fingerprint density at radius 3 is 2.53 bits per heavy atom. The summed E-state index contributed by atoms with van der Waals surface area (Å²) in [4.78, 5) is 18.3. The minimum atomic E-state index is -4.39. The van der Waals surface area contributed by atoms with Crippen LogP contribution < -0.4 is 4.90 Å². The van der Waals surface area contributed by atoms with E-state index >= 15 is 0 Å². The monoisotopic (exact) mass is 454 g/mol. The minimum absolute atomic E-state index is 0.0947. The van der Waals surface area contributed by atoms with Gasteiger partial charge in [-0.05, 0) is 36.1 Å². The summed E-state index contributed by atoms with van der Waals surface area (Å²) < 4.78 is 39.9. The van der Waals surface area contributed by atoms with Gasteiger partial charge in [0.1, 0.15) is 5.69 Å². The Morgan fingerprint density at radius 2 is 1.97 bits per heavy atom. The zero-order valence-electron chi connectivity index (χ0n) is 16.1. The topological polar surface area (TPSA) is 51.0 Å². The number of pyridine rings is 1. The van der Waals surface area contributed by atoms with Crippen molar-refractivity contribution in [3.63, 3.8) is 0 Å². The SMILES string of the molecule is CSC(CC(=O)N(C)c1cn(-c2cccnc2)nc1Cl)c1ccc(C(F)(F)F)cc1. The van der Waals surface area contributed by atoms with Crippen LogP contribution in [0, 0.1) is 0 Å². The van der Waals surface area contributed by atoms with Crippen LogP contribution in [0.15, 0.2) is 55.0 Å². The van der Waals surface area contributed by atoms with E-state index in [1.165, 1.54) is 33.5 Å². The Labute approximate surface area is 180 Å². The highest BCUT2D eigenvalue weighted by Crippen LogP contribution is 2.35. The van der Waals surface area contributed by atoms with Gasteiger partial charge in [0.2, 0.25) is 5.91 Å². The molecule has 0 aliphatic carbocycles. The molecule has 0 N–H and O–H groups in total. The van der Waals surface area contributed by atoms with Crippen molar-refractivity contribution >= 4 is 35.0 Å².